The van der Waals surface area contributed by atoms with Crippen LogP contribution >= 0.6 is 0 Å². The minimum Gasteiger partial charge on any atom is -0.389 e. The van der Waals surface area contributed by atoms with Gasteiger partial charge in [0, 0.05) is 30.8 Å². The number of aliphatic hydroxyl groups excluding tert-OH is 1. The molecule has 2 aliphatic carbocycles. The largest absolute Gasteiger partial charge is 0.389 e. The van der Waals surface area contributed by atoms with Gasteiger partial charge in [-0.25, -0.2) is 0 Å². The number of carbonyl (C=O) groups is 2. The zero-order valence-corrected chi connectivity index (χ0v) is 31.9. The smallest absolute Gasteiger partial charge is 0.159 e. The average molecular weight is 659 g/mol. The Bertz CT molecular complexity index is 1320. The highest BCUT2D eigenvalue weighted by molar-refractivity contribution is 5.94. The van der Waals surface area contributed by atoms with E-state index in [9.17, 15) is 14.7 Å². The molecule has 266 valence electrons. The van der Waals surface area contributed by atoms with Crippen LogP contribution in [0.5, 0.6) is 0 Å². The number of allylic oxidation sites excluding steroid dienone is 13. The molecule has 0 aromatic carbocycles. The summed E-state index contributed by atoms with van der Waals surface area (Å²) in [7, 11) is 1.78. The van der Waals surface area contributed by atoms with E-state index in [1.165, 1.54) is 33.9 Å². The molecule has 0 aliphatic heterocycles. The molecule has 4 nitrogen and oxygen atoms in total. The number of carbonyl (C=O) groups excluding carboxylic acids is 2. The molecule has 6 unspecified atom stereocenters. The van der Waals surface area contributed by atoms with Crippen molar-refractivity contribution < 1.29 is 19.4 Å². The molecule has 0 spiro atoms. The number of aliphatic hydroxyl groups is 1. The summed E-state index contributed by atoms with van der Waals surface area (Å²) in [5.41, 5.74) is 9.04. The fourth-order valence-electron chi connectivity index (χ4n) is 6.77. The number of ether oxygens (including phenoxy) is 1. The summed E-state index contributed by atoms with van der Waals surface area (Å²) in [5, 5.41) is 10.3. The highest BCUT2D eigenvalue weighted by Crippen LogP contribution is 2.36. The van der Waals surface area contributed by atoms with Crippen LogP contribution in [0, 0.1) is 23.7 Å². The molecule has 0 aromatic heterocycles. The fourth-order valence-corrected chi connectivity index (χ4v) is 6.77. The van der Waals surface area contributed by atoms with Crippen molar-refractivity contribution in [3.8, 4) is 0 Å². The van der Waals surface area contributed by atoms with E-state index < -0.39 is 6.10 Å². The minimum absolute atomic E-state index is 0.0410. The van der Waals surface area contributed by atoms with Gasteiger partial charge in [-0.3, -0.25) is 9.59 Å². The predicted octanol–water partition coefficient (Wildman–Crippen LogP) is 11.1. The summed E-state index contributed by atoms with van der Waals surface area (Å²) in [5.74, 6) is 0.191. The van der Waals surface area contributed by atoms with E-state index in [1.54, 1.807) is 13.2 Å². The summed E-state index contributed by atoms with van der Waals surface area (Å²) in [6, 6.07) is 0. The maximum atomic E-state index is 13.1. The number of methoxy groups -OCH3 is 1. The Morgan fingerprint density at radius 2 is 1.12 bits per heavy atom. The minimum atomic E-state index is -0.549. The first kappa shape index (κ1) is 41.4. The SMILES string of the molecule is COC1C(/C(C)=C/CC/C(C)=C/CC/C(C)=C/CC2C(O)C=CC(=O)C2C)=CC(=O)C(C)C1C/C=C(\C)CC/C=C(\C)CCC=C(C)C. The number of hydrogen-bond acceptors (Lipinski definition) is 4. The van der Waals surface area contributed by atoms with Gasteiger partial charge in [-0.2, -0.15) is 0 Å². The molecule has 0 radical (unpaired) electrons. The van der Waals surface area contributed by atoms with Crippen molar-refractivity contribution in [3.05, 3.63) is 93.7 Å². The third-order valence-electron chi connectivity index (χ3n) is 10.4. The van der Waals surface area contributed by atoms with Crippen molar-refractivity contribution in [2.45, 2.75) is 139 Å². The Hall–Kier alpha value is -2.82. The Labute approximate surface area is 293 Å². The molecule has 0 heterocycles. The third-order valence-corrected chi connectivity index (χ3v) is 10.4. The number of rotatable bonds is 18. The van der Waals surface area contributed by atoms with Crippen LogP contribution in [-0.2, 0) is 14.3 Å². The Kier molecular flexibility index (Phi) is 18.4. The summed E-state index contributed by atoms with van der Waals surface area (Å²) < 4.78 is 6.08. The number of ketones is 2. The van der Waals surface area contributed by atoms with E-state index in [2.05, 4.69) is 91.8 Å². The van der Waals surface area contributed by atoms with Crippen LogP contribution in [-0.4, -0.2) is 36.0 Å². The van der Waals surface area contributed by atoms with E-state index in [-0.39, 0.29) is 41.3 Å². The van der Waals surface area contributed by atoms with E-state index in [0.717, 1.165) is 75.4 Å². The third kappa shape index (κ3) is 14.0. The summed E-state index contributed by atoms with van der Waals surface area (Å²) in [6.45, 7) is 19.2. The standard InChI is InChI=1S/C44H66O4/c1-30(2)15-11-16-31(3)17-12-20-34(6)24-26-39-37(9)43(47)29-40(44(39)48-10)35(7)22-14-21-32(4)18-13-19-33(5)23-25-38-36(8)41(45)27-28-42(38)46/h15,17-18,22-24,27-29,36-39,42,44,46H,11-14,16,19-21,25-26H2,1-10H3/b31-17+,32-18+,33-23+,34-24+,35-22+. The molecular formula is C44H66O4. The lowest BCUT2D eigenvalue weighted by molar-refractivity contribution is -0.122. The second kappa shape index (κ2) is 21.3. The van der Waals surface area contributed by atoms with Crippen molar-refractivity contribution in [1.29, 1.82) is 0 Å². The summed E-state index contributed by atoms with van der Waals surface area (Å²) >= 11 is 0. The van der Waals surface area contributed by atoms with Gasteiger partial charge in [-0.05, 0) is 136 Å². The van der Waals surface area contributed by atoms with Crippen LogP contribution in [0.3, 0.4) is 0 Å². The molecule has 1 N–H and O–H groups in total. The molecule has 0 fully saturated rings. The molecule has 0 saturated heterocycles. The molecule has 0 aromatic rings. The molecule has 0 bridgehead atoms. The monoisotopic (exact) mass is 658 g/mol. The molecule has 48 heavy (non-hydrogen) atoms. The Balaban J connectivity index is 1.90. The molecule has 2 aliphatic rings. The maximum absolute atomic E-state index is 13.1. The van der Waals surface area contributed by atoms with Gasteiger partial charge >= 0.3 is 0 Å². The molecule has 0 saturated carbocycles. The normalized spacial score (nSPS) is 26.2. The van der Waals surface area contributed by atoms with Crippen molar-refractivity contribution in [3.63, 3.8) is 0 Å². The van der Waals surface area contributed by atoms with Gasteiger partial charge < -0.3 is 9.84 Å². The van der Waals surface area contributed by atoms with Crippen molar-refractivity contribution in [1.82, 2.24) is 0 Å². The van der Waals surface area contributed by atoms with Gasteiger partial charge in [0.2, 0.25) is 0 Å². The predicted molar refractivity (Wildman–Crippen MR) is 204 cm³/mol. The van der Waals surface area contributed by atoms with Crippen molar-refractivity contribution in [2.75, 3.05) is 7.11 Å². The lowest BCUT2D eigenvalue weighted by Crippen LogP contribution is -2.38. The molecule has 4 heteroatoms. The first-order chi connectivity index (χ1) is 22.7. The van der Waals surface area contributed by atoms with Gasteiger partial charge in [-0.15, -0.1) is 0 Å². The molecule has 0 amide bonds. The van der Waals surface area contributed by atoms with Crippen LogP contribution in [0.4, 0.5) is 0 Å². The highest BCUT2D eigenvalue weighted by atomic mass is 16.5. The first-order valence-electron chi connectivity index (χ1n) is 18.4. The maximum Gasteiger partial charge on any atom is 0.159 e. The lowest BCUT2D eigenvalue weighted by atomic mass is 9.74. The summed E-state index contributed by atoms with van der Waals surface area (Å²) in [4.78, 5) is 25.1. The van der Waals surface area contributed by atoms with Gasteiger partial charge in [0.1, 0.15) is 0 Å². The second-order valence-corrected chi connectivity index (χ2v) is 14.8. The van der Waals surface area contributed by atoms with Gasteiger partial charge in [0.15, 0.2) is 11.6 Å². The van der Waals surface area contributed by atoms with Crippen LogP contribution < -0.4 is 0 Å². The molecule has 6 atom stereocenters. The Morgan fingerprint density at radius 3 is 1.65 bits per heavy atom. The highest BCUT2D eigenvalue weighted by Gasteiger charge is 2.37. The summed E-state index contributed by atoms with van der Waals surface area (Å²) in [6.07, 6.45) is 27.9. The molecule has 2 rings (SSSR count). The van der Waals surface area contributed by atoms with Gasteiger partial charge in [0.05, 0.1) is 12.2 Å². The van der Waals surface area contributed by atoms with Crippen LogP contribution in [0.2, 0.25) is 0 Å². The average Bonchev–Trinajstić information content (AvgIpc) is 3.03. The van der Waals surface area contributed by atoms with Crippen molar-refractivity contribution in [2.24, 2.45) is 23.7 Å². The van der Waals surface area contributed by atoms with E-state index in [4.69, 9.17) is 4.74 Å². The topological polar surface area (TPSA) is 63.6 Å². The second-order valence-electron chi connectivity index (χ2n) is 14.8. The zero-order chi connectivity index (χ0) is 35.8. The number of hydrogen-bond donors (Lipinski definition) is 1. The van der Waals surface area contributed by atoms with Crippen LogP contribution in [0.25, 0.3) is 0 Å². The fraction of sp³-hybridized carbons (Fsp3) is 0.591. The van der Waals surface area contributed by atoms with Crippen LogP contribution in [0.15, 0.2) is 93.7 Å². The van der Waals surface area contributed by atoms with E-state index >= 15 is 0 Å². The van der Waals surface area contributed by atoms with E-state index in [1.807, 2.05) is 13.0 Å². The van der Waals surface area contributed by atoms with Crippen LogP contribution in [0.1, 0.15) is 127 Å². The van der Waals surface area contributed by atoms with Crippen molar-refractivity contribution >= 4 is 11.6 Å². The van der Waals surface area contributed by atoms with Gasteiger partial charge in [-0.1, -0.05) is 84.2 Å². The van der Waals surface area contributed by atoms with E-state index in [0.29, 0.717) is 0 Å². The van der Waals surface area contributed by atoms with Gasteiger partial charge in [0.25, 0.3) is 0 Å². The lowest BCUT2D eigenvalue weighted by Gasteiger charge is -2.35. The zero-order valence-electron chi connectivity index (χ0n) is 31.9. The Morgan fingerprint density at radius 1 is 0.667 bits per heavy atom. The quantitative estimate of drug-likeness (QED) is 0.149. The molecular weight excluding hydrogens is 592 g/mol. The first-order valence-corrected chi connectivity index (χ1v) is 18.4.